The van der Waals surface area contributed by atoms with Gasteiger partial charge in [0.25, 0.3) is 0 Å². The Hall–Kier alpha value is -1.79. The lowest BCUT2D eigenvalue weighted by molar-refractivity contribution is -0.126. The van der Waals surface area contributed by atoms with Crippen LogP contribution in [0.25, 0.3) is 10.6 Å². The van der Waals surface area contributed by atoms with Crippen molar-refractivity contribution >= 4 is 17.2 Å². The number of aromatic nitrogens is 2. The highest BCUT2D eigenvalue weighted by Gasteiger charge is 2.26. The van der Waals surface area contributed by atoms with E-state index in [0.29, 0.717) is 13.0 Å². The van der Waals surface area contributed by atoms with Crippen molar-refractivity contribution < 1.29 is 4.79 Å². The van der Waals surface area contributed by atoms with E-state index in [1.165, 1.54) is 11.3 Å². The lowest BCUT2D eigenvalue weighted by atomic mass is 9.97. The number of carbonyl (C=O) groups is 1. The summed E-state index contributed by atoms with van der Waals surface area (Å²) in [5, 5.41) is 12.7. The van der Waals surface area contributed by atoms with E-state index < -0.39 is 5.54 Å². The van der Waals surface area contributed by atoms with Crippen molar-refractivity contribution in [3.63, 3.8) is 0 Å². The highest BCUT2D eigenvalue weighted by atomic mass is 32.1. The number of benzene rings is 1. The van der Waals surface area contributed by atoms with Crippen molar-refractivity contribution in [3.05, 3.63) is 35.3 Å². The first-order valence-corrected chi connectivity index (χ1v) is 7.79. The summed E-state index contributed by atoms with van der Waals surface area (Å²) in [6.45, 7) is 4.12. The van der Waals surface area contributed by atoms with Crippen molar-refractivity contribution in [2.24, 2.45) is 5.73 Å². The molecule has 0 saturated carbocycles. The average Bonchev–Trinajstić information content (AvgIpc) is 2.94. The standard InChI is InChI=1S/C15H20N4OS/c1-3-9-15(2,16)14(20)17-10-12-18-19-13(21-12)11-7-5-4-6-8-11/h4-8H,3,9-10,16H2,1-2H3,(H,17,20). The SMILES string of the molecule is CCCC(C)(N)C(=O)NCc1nnc(-c2ccccc2)s1. The lowest BCUT2D eigenvalue weighted by Gasteiger charge is -2.22. The molecule has 0 bridgehead atoms. The van der Waals surface area contributed by atoms with Crippen molar-refractivity contribution in [1.82, 2.24) is 15.5 Å². The van der Waals surface area contributed by atoms with Crippen LogP contribution in [0.3, 0.4) is 0 Å². The van der Waals surface area contributed by atoms with Crippen LogP contribution in [0.1, 0.15) is 31.7 Å². The summed E-state index contributed by atoms with van der Waals surface area (Å²) < 4.78 is 0. The molecule has 0 radical (unpaired) electrons. The monoisotopic (exact) mass is 304 g/mol. The second kappa shape index (κ2) is 6.78. The first-order chi connectivity index (χ1) is 10.0. The van der Waals surface area contributed by atoms with E-state index in [2.05, 4.69) is 15.5 Å². The highest BCUT2D eigenvalue weighted by molar-refractivity contribution is 7.14. The van der Waals surface area contributed by atoms with E-state index in [-0.39, 0.29) is 5.91 Å². The summed E-state index contributed by atoms with van der Waals surface area (Å²) in [5.74, 6) is -0.152. The van der Waals surface area contributed by atoms with Crippen LogP contribution in [0.2, 0.25) is 0 Å². The van der Waals surface area contributed by atoms with Gasteiger partial charge in [-0.15, -0.1) is 10.2 Å². The molecule has 0 fully saturated rings. The Morgan fingerprint density at radius 1 is 1.33 bits per heavy atom. The third kappa shape index (κ3) is 4.09. The minimum atomic E-state index is -0.832. The van der Waals surface area contributed by atoms with Gasteiger partial charge < -0.3 is 11.1 Å². The van der Waals surface area contributed by atoms with Crippen LogP contribution < -0.4 is 11.1 Å². The van der Waals surface area contributed by atoms with Gasteiger partial charge in [0, 0.05) is 5.56 Å². The van der Waals surface area contributed by atoms with Gasteiger partial charge in [-0.3, -0.25) is 4.79 Å². The molecule has 21 heavy (non-hydrogen) atoms. The minimum absolute atomic E-state index is 0.152. The Bertz CT molecular complexity index is 595. The van der Waals surface area contributed by atoms with E-state index >= 15 is 0 Å². The van der Waals surface area contributed by atoms with Gasteiger partial charge in [-0.25, -0.2) is 0 Å². The maximum atomic E-state index is 12.0. The summed E-state index contributed by atoms with van der Waals surface area (Å²) in [6, 6.07) is 9.86. The third-order valence-corrected chi connectivity index (χ3v) is 4.15. The molecule has 0 aliphatic rings. The van der Waals surface area contributed by atoms with Crippen LogP contribution in [0.4, 0.5) is 0 Å². The molecule has 1 aromatic carbocycles. The van der Waals surface area contributed by atoms with Gasteiger partial charge in [-0.1, -0.05) is 55.0 Å². The number of hydrogen-bond donors (Lipinski definition) is 2. The van der Waals surface area contributed by atoms with E-state index in [0.717, 1.165) is 22.0 Å². The predicted octanol–water partition coefficient (Wildman–Crippen LogP) is 2.34. The Labute approximate surface area is 128 Å². The second-order valence-corrected chi connectivity index (χ2v) is 6.28. The smallest absolute Gasteiger partial charge is 0.240 e. The first-order valence-electron chi connectivity index (χ1n) is 6.98. The molecular weight excluding hydrogens is 284 g/mol. The fraction of sp³-hybridized carbons (Fsp3) is 0.400. The van der Waals surface area contributed by atoms with Gasteiger partial charge in [0.1, 0.15) is 10.0 Å². The number of nitrogens with one attached hydrogen (secondary N) is 1. The van der Waals surface area contributed by atoms with Crippen LogP contribution in [0.5, 0.6) is 0 Å². The number of carbonyl (C=O) groups excluding carboxylic acids is 1. The molecule has 1 atom stereocenters. The normalized spacial score (nSPS) is 13.7. The molecule has 5 nitrogen and oxygen atoms in total. The molecule has 0 spiro atoms. The molecule has 6 heteroatoms. The Morgan fingerprint density at radius 3 is 2.71 bits per heavy atom. The molecular formula is C15H20N4OS. The molecule has 2 rings (SSSR count). The Kier molecular flexibility index (Phi) is 5.03. The average molecular weight is 304 g/mol. The molecule has 1 unspecified atom stereocenters. The Morgan fingerprint density at radius 2 is 2.05 bits per heavy atom. The van der Waals surface area contributed by atoms with Crippen molar-refractivity contribution in [3.8, 4) is 10.6 Å². The molecule has 1 amide bonds. The van der Waals surface area contributed by atoms with Crippen LogP contribution in [0.15, 0.2) is 30.3 Å². The molecule has 112 valence electrons. The summed E-state index contributed by atoms with van der Waals surface area (Å²) in [4.78, 5) is 12.0. The molecule has 0 aliphatic heterocycles. The largest absolute Gasteiger partial charge is 0.348 e. The van der Waals surface area contributed by atoms with Crippen molar-refractivity contribution in [2.75, 3.05) is 0 Å². The zero-order chi connectivity index (χ0) is 15.3. The number of amides is 1. The van der Waals surface area contributed by atoms with Gasteiger partial charge in [0.05, 0.1) is 12.1 Å². The van der Waals surface area contributed by atoms with Gasteiger partial charge >= 0.3 is 0 Å². The van der Waals surface area contributed by atoms with Gasteiger partial charge in [-0.2, -0.15) is 0 Å². The molecule has 3 N–H and O–H groups in total. The summed E-state index contributed by atoms with van der Waals surface area (Å²) in [7, 11) is 0. The molecule has 0 aliphatic carbocycles. The van der Waals surface area contributed by atoms with Crippen molar-refractivity contribution in [1.29, 1.82) is 0 Å². The summed E-state index contributed by atoms with van der Waals surface area (Å²) in [5.41, 5.74) is 6.18. The maximum Gasteiger partial charge on any atom is 0.240 e. The van der Waals surface area contributed by atoms with Crippen LogP contribution >= 0.6 is 11.3 Å². The van der Waals surface area contributed by atoms with E-state index in [1.54, 1.807) is 6.92 Å². The molecule has 1 aromatic heterocycles. The van der Waals surface area contributed by atoms with Crippen LogP contribution in [-0.4, -0.2) is 21.6 Å². The quantitative estimate of drug-likeness (QED) is 0.858. The minimum Gasteiger partial charge on any atom is -0.348 e. The van der Waals surface area contributed by atoms with Crippen LogP contribution in [0, 0.1) is 0 Å². The molecule has 1 heterocycles. The van der Waals surface area contributed by atoms with E-state index in [4.69, 9.17) is 5.73 Å². The molecule has 0 saturated heterocycles. The Balaban J connectivity index is 1.96. The zero-order valence-corrected chi connectivity index (χ0v) is 13.1. The lowest BCUT2D eigenvalue weighted by Crippen LogP contribution is -2.51. The van der Waals surface area contributed by atoms with Gasteiger partial charge in [-0.05, 0) is 13.3 Å². The maximum absolute atomic E-state index is 12.0. The fourth-order valence-electron chi connectivity index (χ4n) is 2.01. The van der Waals surface area contributed by atoms with E-state index in [9.17, 15) is 4.79 Å². The first kappa shape index (κ1) is 15.6. The summed E-state index contributed by atoms with van der Waals surface area (Å²) >= 11 is 1.47. The van der Waals surface area contributed by atoms with E-state index in [1.807, 2.05) is 37.3 Å². The van der Waals surface area contributed by atoms with Crippen molar-refractivity contribution in [2.45, 2.75) is 38.8 Å². The molecule has 2 aromatic rings. The highest BCUT2D eigenvalue weighted by Crippen LogP contribution is 2.22. The predicted molar refractivity (Wildman–Crippen MR) is 84.7 cm³/mol. The second-order valence-electron chi connectivity index (χ2n) is 5.22. The van der Waals surface area contributed by atoms with Gasteiger partial charge in [0.15, 0.2) is 0 Å². The third-order valence-electron chi connectivity index (χ3n) is 3.18. The van der Waals surface area contributed by atoms with Crippen LogP contribution in [-0.2, 0) is 11.3 Å². The number of nitrogens with zero attached hydrogens (tertiary/aromatic N) is 2. The number of rotatable bonds is 6. The topological polar surface area (TPSA) is 80.9 Å². The zero-order valence-electron chi connectivity index (χ0n) is 12.3. The number of nitrogens with two attached hydrogens (primary N) is 1. The fourth-order valence-corrected chi connectivity index (χ4v) is 2.80. The number of hydrogen-bond acceptors (Lipinski definition) is 5. The van der Waals surface area contributed by atoms with Gasteiger partial charge in [0.2, 0.25) is 5.91 Å². The summed E-state index contributed by atoms with van der Waals surface area (Å²) in [6.07, 6.45) is 1.53.